The lowest BCUT2D eigenvalue weighted by Gasteiger charge is -2.32. The van der Waals surface area contributed by atoms with Crippen LogP contribution in [0.4, 0.5) is 5.82 Å². The summed E-state index contributed by atoms with van der Waals surface area (Å²) in [6.45, 7) is 3.52. The SMILES string of the molecule is Cl.c1ccc(CCN2CCC(Nc3ccccn3)CC2)cc1. The summed E-state index contributed by atoms with van der Waals surface area (Å²) in [7, 11) is 0. The van der Waals surface area contributed by atoms with Gasteiger partial charge in [-0.2, -0.15) is 0 Å². The molecule has 118 valence electrons. The Morgan fingerprint density at radius 3 is 2.41 bits per heavy atom. The highest BCUT2D eigenvalue weighted by Crippen LogP contribution is 2.15. The summed E-state index contributed by atoms with van der Waals surface area (Å²) >= 11 is 0. The zero-order valence-electron chi connectivity index (χ0n) is 12.8. The largest absolute Gasteiger partial charge is 0.367 e. The monoisotopic (exact) mass is 317 g/mol. The highest BCUT2D eigenvalue weighted by Gasteiger charge is 2.18. The number of aromatic nitrogens is 1. The smallest absolute Gasteiger partial charge is 0.126 e. The Hall–Kier alpha value is -1.58. The molecule has 2 heterocycles. The topological polar surface area (TPSA) is 28.2 Å². The van der Waals surface area contributed by atoms with Crippen molar-refractivity contribution in [3.8, 4) is 0 Å². The van der Waals surface area contributed by atoms with Crippen LogP contribution >= 0.6 is 12.4 Å². The number of pyridine rings is 1. The van der Waals surface area contributed by atoms with Gasteiger partial charge >= 0.3 is 0 Å². The maximum absolute atomic E-state index is 4.34. The molecule has 0 amide bonds. The lowest BCUT2D eigenvalue weighted by molar-refractivity contribution is 0.221. The molecule has 0 aliphatic carbocycles. The number of nitrogens with one attached hydrogen (secondary N) is 1. The van der Waals surface area contributed by atoms with Crippen molar-refractivity contribution in [2.75, 3.05) is 25.0 Å². The summed E-state index contributed by atoms with van der Waals surface area (Å²) in [5.74, 6) is 1.00. The van der Waals surface area contributed by atoms with Crippen LogP contribution in [0.15, 0.2) is 54.7 Å². The molecule has 1 aliphatic heterocycles. The minimum atomic E-state index is 0. The van der Waals surface area contributed by atoms with Crippen molar-refractivity contribution >= 4 is 18.2 Å². The Bertz CT molecular complexity index is 525. The molecule has 3 rings (SSSR count). The molecule has 0 unspecified atom stereocenters. The molecule has 0 atom stereocenters. The van der Waals surface area contributed by atoms with E-state index in [2.05, 4.69) is 45.5 Å². The molecule has 1 aromatic heterocycles. The van der Waals surface area contributed by atoms with Crippen LogP contribution in [0, 0.1) is 0 Å². The summed E-state index contributed by atoms with van der Waals surface area (Å²) in [4.78, 5) is 6.92. The standard InChI is InChI=1S/C18H23N3.ClH/c1-2-6-16(7-3-1)9-13-21-14-10-17(11-15-21)20-18-8-4-5-12-19-18;/h1-8,12,17H,9-11,13-15H2,(H,19,20);1H. The highest BCUT2D eigenvalue weighted by atomic mass is 35.5. The van der Waals surface area contributed by atoms with Gasteiger partial charge in [-0.1, -0.05) is 36.4 Å². The first-order valence-electron chi connectivity index (χ1n) is 7.84. The Labute approximate surface area is 139 Å². The third-order valence-electron chi connectivity index (χ3n) is 4.16. The Kier molecular flexibility index (Phi) is 6.69. The van der Waals surface area contributed by atoms with Gasteiger partial charge in [0.15, 0.2) is 0 Å². The Balaban J connectivity index is 0.00000176. The Morgan fingerprint density at radius 2 is 1.73 bits per heavy atom. The molecule has 2 aromatic rings. The van der Waals surface area contributed by atoms with Crippen molar-refractivity contribution in [1.29, 1.82) is 0 Å². The quantitative estimate of drug-likeness (QED) is 0.913. The van der Waals surface area contributed by atoms with Gasteiger partial charge in [-0.15, -0.1) is 12.4 Å². The van der Waals surface area contributed by atoms with Crippen LogP contribution in [0.25, 0.3) is 0 Å². The molecular weight excluding hydrogens is 294 g/mol. The number of piperidine rings is 1. The van der Waals surface area contributed by atoms with E-state index in [4.69, 9.17) is 0 Å². The van der Waals surface area contributed by atoms with Crippen LogP contribution in [0.2, 0.25) is 0 Å². The number of benzene rings is 1. The first-order chi connectivity index (χ1) is 10.4. The molecule has 0 spiro atoms. The molecule has 1 aromatic carbocycles. The third-order valence-corrected chi connectivity index (χ3v) is 4.16. The van der Waals surface area contributed by atoms with Gasteiger partial charge in [-0.25, -0.2) is 4.98 Å². The van der Waals surface area contributed by atoms with Crippen LogP contribution in [-0.2, 0) is 6.42 Å². The zero-order chi connectivity index (χ0) is 14.3. The second-order valence-electron chi connectivity index (χ2n) is 5.71. The second-order valence-corrected chi connectivity index (χ2v) is 5.71. The number of rotatable bonds is 5. The maximum Gasteiger partial charge on any atom is 0.126 e. The minimum Gasteiger partial charge on any atom is -0.367 e. The number of halogens is 1. The summed E-state index contributed by atoms with van der Waals surface area (Å²) in [5, 5.41) is 3.54. The van der Waals surface area contributed by atoms with E-state index in [1.807, 2.05) is 24.4 Å². The van der Waals surface area contributed by atoms with Crippen molar-refractivity contribution in [2.24, 2.45) is 0 Å². The summed E-state index contributed by atoms with van der Waals surface area (Å²) in [6.07, 6.45) is 5.40. The molecule has 1 aliphatic rings. The van der Waals surface area contributed by atoms with Gasteiger partial charge in [0.25, 0.3) is 0 Å². The van der Waals surface area contributed by atoms with E-state index in [0.29, 0.717) is 6.04 Å². The molecule has 0 radical (unpaired) electrons. The van der Waals surface area contributed by atoms with Crippen molar-refractivity contribution in [2.45, 2.75) is 25.3 Å². The van der Waals surface area contributed by atoms with E-state index >= 15 is 0 Å². The molecule has 0 bridgehead atoms. The van der Waals surface area contributed by atoms with Crippen molar-refractivity contribution in [1.82, 2.24) is 9.88 Å². The van der Waals surface area contributed by atoms with Crippen molar-refractivity contribution in [3.63, 3.8) is 0 Å². The normalized spacial score (nSPS) is 16.0. The summed E-state index contributed by atoms with van der Waals surface area (Å²) < 4.78 is 0. The van der Waals surface area contributed by atoms with Gasteiger partial charge in [-0.05, 0) is 37.0 Å². The predicted molar refractivity (Wildman–Crippen MR) is 94.7 cm³/mol. The summed E-state index contributed by atoms with van der Waals surface area (Å²) in [5.41, 5.74) is 1.44. The first-order valence-corrected chi connectivity index (χ1v) is 7.84. The lowest BCUT2D eigenvalue weighted by Crippen LogP contribution is -2.40. The van der Waals surface area contributed by atoms with E-state index < -0.39 is 0 Å². The van der Waals surface area contributed by atoms with Gasteiger partial charge in [-0.3, -0.25) is 0 Å². The fourth-order valence-electron chi connectivity index (χ4n) is 2.89. The zero-order valence-corrected chi connectivity index (χ0v) is 13.6. The van der Waals surface area contributed by atoms with E-state index in [0.717, 1.165) is 12.2 Å². The average molecular weight is 318 g/mol. The van der Waals surface area contributed by atoms with Crippen molar-refractivity contribution < 1.29 is 0 Å². The Morgan fingerprint density at radius 1 is 1.00 bits per heavy atom. The average Bonchev–Trinajstić information content (AvgIpc) is 2.56. The third kappa shape index (κ3) is 5.00. The van der Waals surface area contributed by atoms with E-state index in [-0.39, 0.29) is 12.4 Å². The predicted octanol–water partition coefficient (Wildman–Crippen LogP) is 3.62. The van der Waals surface area contributed by atoms with Gasteiger partial charge in [0, 0.05) is 31.9 Å². The molecule has 3 nitrogen and oxygen atoms in total. The minimum absolute atomic E-state index is 0. The second kappa shape index (κ2) is 8.76. The fourth-order valence-corrected chi connectivity index (χ4v) is 2.89. The van der Waals surface area contributed by atoms with Gasteiger partial charge in [0.1, 0.15) is 5.82 Å². The number of hydrogen-bond donors (Lipinski definition) is 1. The molecule has 1 N–H and O–H groups in total. The molecule has 1 saturated heterocycles. The van der Waals surface area contributed by atoms with Crippen LogP contribution in [-0.4, -0.2) is 35.6 Å². The molecule has 22 heavy (non-hydrogen) atoms. The number of nitrogens with zero attached hydrogens (tertiary/aromatic N) is 2. The fraction of sp³-hybridized carbons (Fsp3) is 0.389. The van der Waals surface area contributed by atoms with Crippen LogP contribution in [0.5, 0.6) is 0 Å². The van der Waals surface area contributed by atoms with Crippen molar-refractivity contribution in [3.05, 3.63) is 60.3 Å². The van der Waals surface area contributed by atoms with Gasteiger partial charge in [0.2, 0.25) is 0 Å². The van der Waals surface area contributed by atoms with Crippen LogP contribution < -0.4 is 5.32 Å². The van der Waals surface area contributed by atoms with E-state index in [9.17, 15) is 0 Å². The van der Waals surface area contributed by atoms with Gasteiger partial charge < -0.3 is 10.2 Å². The molecule has 4 heteroatoms. The number of likely N-dealkylation sites (tertiary alicyclic amines) is 1. The van der Waals surface area contributed by atoms with E-state index in [1.54, 1.807) is 0 Å². The maximum atomic E-state index is 4.34. The number of anilines is 1. The lowest BCUT2D eigenvalue weighted by atomic mass is 10.0. The molecule has 1 fully saturated rings. The van der Waals surface area contributed by atoms with Gasteiger partial charge in [0.05, 0.1) is 0 Å². The van der Waals surface area contributed by atoms with Crippen LogP contribution in [0.1, 0.15) is 18.4 Å². The highest BCUT2D eigenvalue weighted by molar-refractivity contribution is 5.85. The first kappa shape index (κ1) is 16.8. The van der Waals surface area contributed by atoms with E-state index in [1.165, 1.54) is 38.0 Å². The molecular formula is C18H24ClN3. The van der Waals surface area contributed by atoms with Crippen LogP contribution in [0.3, 0.4) is 0 Å². The number of hydrogen-bond acceptors (Lipinski definition) is 3. The molecule has 0 saturated carbocycles. The summed E-state index contributed by atoms with van der Waals surface area (Å²) in [6, 6.07) is 17.4.